The molecule has 2 N–H and O–H groups in total. The average molecular weight is 447 g/mol. The van der Waals surface area contributed by atoms with E-state index >= 15 is 0 Å². The molecule has 1 aliphatic carbocycles. The summed E-state index contributed by atoms with van der Waals surface area (Å²) in [6.07, 6.45) is 7.44. The number of fused-ring (bicyclic) bond motifs is 1. The predicted octanol–water partition coefficient (Wildman–Crippen LogP) is 4.14. The number of hydrogen-bond donors (Lipinski definition) is 2. The maximum atomic E-state index is 9.63. The van der Waals surface area contributed by atoms with Crippen molar-refractivity contribution in [3.05, 3.63) is 22.5 Å². The molecule has 2 aromatic rings. The van der Waals surface area contributed by atoms with Gasteiger partial charge in [0.1, 0.15) is 11.9 Å². The van der Waals surface area contributed by atoms with Gasteiger partial charge in [-0.2, -0.15) is 5.26 Å². The number of furan rings is 1. The van der Waals surface area contributed by atoms with Gasteiger partial charge in [0.15, 0.2) is 5.58 Å². The zero-order valence-electron chi connectivity index (χ0n) is 16.2. The number of nitrogens with one attached hydrogen (secondary N) is 1. The number of pyridine rings is 1. The number of aromatic nitrogens is 1. The molecule has 2 aromatic heterocycles. The molecule has 2 fully saturated rings. The maximum absolute atomic E-state index is 9.63. The van der Waals surface area contributed by atoms with Gasteiger partial charge in [-0.25, -0.2) is 4.98 Å². The van der Waals surface area contributed by atoms with Crippen LogP contribution in [0, 0.1) is 23.2 Å². The van der Waals surface area contributed by atoms with E-state index in [2.05, 4.69) is 38.1 Å². The molecule has 7 heteroatoms. The highest BCUT2D eigenvalue weighted by Crippen LogP contribution is 2.34. The van der Waals surface area contributed by atoms with Crippen LogP contribution in [0.2, 0.25) is 0 Å². The molecule has 3 heterocycles. The van der Waals surface area contributed by atoms with Crippen LogP contribution in [-0.4, -0.2) is 46.8 Å². The molecule has 0 radical (unpaired) electrons. The van der Waals surface area contributed by atoms with Crippen LogP contribution in [0.1, 0.15) is 44.8 Å². The number of halogens is 1. The predicted molar refractivity (Wildman–Crippen MR) is 112 cm³/mol. The van der Waals surface area contributed by atoms with Crippen LogP contribution in [0.4, 0.5) is 5.82 Å². The van der Waals surface area contributed by atoms with Crippen LogP contribution in [0.25, 0.3) is 11.0 Å². The fourth-order valence-electron chi connectivity index (χ4n) is 4.66. The molecule has 28 heavy (non-hydrogen) atoms. The number of likely N-dealkylation sites (tertiary alicyclic amines) is 1. The minimum absolute atomic E-state index is 0.298. The summed E-state index contributed by atoms with van der Waals surface area (Å²) in [7, 11) is 0. The summed E-state index contributed by atoms with van der Waals surface area (Å²) in [5.41, 5.74) is 0.621. The van der Waals surface area contributed by atoms with Gasteiger partial charge in [0, 0.05) is 36.7 Å². The summed E-state index contributed by atoms with van der Waals surface area (Å²) in [6.45, 7) is 4.76. The van der Waals surface area contributed by atoms with Gasteiger partial charge in [-0.3, -0.25) is 0 Å². The Morgan fingerprint density at radius 1 is 1.36 bits per heavy atom. The molecule has 0 spiro atoms. The molecule has 1 aliphatic heterocycles. The third-order valence-electron chi connectivity index (χ3n) is 6.56. The number of aliphatic hydroxyl groups is 1. The van der Waals surface area contributed by atoms with Crippen LogP contribution < -0.4 is 5.32 Å². The lowest BCUT2D eigenvalue weighted by Gasteiger charge is -2.43. The SMILES string of the molecule is CC1CCN(C2CCC(Nc3ncc4oc(C#N)cc4c3Br)CC2)CC1CO. The van der Waals surface area contributed by atoms with Crippen molar-refractivity contribution in [1.29, 1.82) is 5.26 Å². The van der Waals surface area contributed by atoms with Crippen LogP contribution in [0.5, 0.6) is 0 Å². The van der Waals surface area contributed by atoms with Crippen molar-refractivity contribution in [2.75, 3.05) is 25.0 Å². The molecule has 0 amide bonds. The van der Waals surface area contributed by atoms with Gasteiger partial charge in [0.2, 0.25) is 5.76 Å². The first-order chi connectivity index (χ1) is 13.6. The monoisotopic (exact) mass is 446 g/mol. The molecule has 1 saturated carbocycles. The highest BCUT2D eigenvalue weighted by atomic mass is 79.9. The lowest BCUT2D eigenvalue weighted by atomic mass is 9.84. The molecule has 1 saturated heterocycles. The van der Waals surface area contributed by atoms with E-state index in [4.69, 9.17) is 9.68 Å². The van der Waals surface area contributed by atoms with E-state index in [0.717, 1.165) is 41.6 Å². The van der Waals surface area contributed by atoms with E-state index in [9.17, 15) is 5.11 Å². The van der Waals surface area contributed by atoms with Gasteiger partial charge >= 0.3 is 0 Å². The molecule has 6 nitrogen and oxygen atoms in total. The first-order valence-corrected chi connectivity index (χ1v) is 11.0. The standard InChI is InChI=1S/C21H27BrN4O2/c1-13-6-7-26(11-14(13)12-27)16-4-2-15(3-5-16)25-21-20(22)18-8-17(9-23)28-19(18)10-24-21/h8,10,13-16,27H,2-7,11-12H2,1H3,(H,24,25). The van der Waals surface area contributed by atoms with Gasteiger partial charge < -0.3 is 19.7 Å². The first kappa shape index (κ1) is 19.7. The number of hydrogen-bond acceptors (Lipinski definition) is 6. The average Bonchev–Trinajstić information content (AvgIpc) is 3.15. The Labute approximate surface area is 174 Å². The quantitative estimate of drug-likeness (QED) is 0.733. The fraction of sp³-hybridized carbons (Fsp3) is 0.619. The van der Waals surface area contributed by atoms with Crippen molar-refractivity contribution in [3.63, 3.8) is 0 Å². The molecule has 0 aromatic carbocycles. The van der Waals surface area contributed by atoms with E-state index < -0.39 is 0 Å². The molecule has 2 aliphatic rings. The lowest BCUT2D eigenvalue weighted by Crippen LogP contribution is -2.48. The van der Waals surface area contributed by atoms with E-state index in [1.165, 1.54) is 19.3 Å². The van der Waals surface area contributed by atoms with E-state index in [1.54, 1.807) is 12.3 Å². The Bertz CT molecular complexity index is 869. The Morgan fingerprint density at radius 2 is 2.14 bits per heavy atom. The maximum Gasteiger partial charge on any atom is 0.204 e. The number of piperidine rings is 1. The minimum Gasteiger partial charge on any atom is -0.444 e. The topological polar surface area (TPSA) is 85.3 Å². The zero-order valence-corrected chi connectivity index (χ0v) is 17.8. The number of nitrogens with zero attached hydrogens (tertiary/aromatic N) is 3. The van der Waals surface area contributed by atoms with E-state index in [1.807, 2.05) is 6.07 Å². The van der Waals surface area contributed by atoms with Gasteiger partial charge in [-0.05, 0) is 66.4 Å². The zero-order chi connectivity index (χ0) is 19.7. The Balaban J connectivity index is 1.36. The van der Waals surface area contributed by atoms with Crippen LogP contribution in [0.15, 0.2) is 21.2 Å². The van der Waals surface area contributed by atoms with Crippen molar-refractivity contribution in [1.82, 2.24) is 9.88 Å². The van der Waals surface area contributed by atoms with E-state index in [0.29, 0.717) is 41.9 Å². The van der Waals surface area contributed by atoms with Crippen molar-refractivity contribution < 1.29 is 9.52 Å². The largest absolute Gasteiger partial charge is 0.444 e. The highest BCUT2D eigenvalue weighted by Gasteiger charge is 2.32. The summed E-state index contributed by atoms with van der Waals surface area (Å²) in [5, 5.41) is 23.1. The highest BCUT2D eigenvalue weighted by molar-refractivity contribution is 9.10. The summed E-state index contributed by atoms with van der Waals surface area (Å²) in [6, 6.07) is 4.81. The Kier molecular flexibility index (Phi) is 5.91. The lowest BCUT2D eigenvalue weighted by molar-refractivity contribution is 0.0411. The molecular formula is C21H27BrN4O2. The third kappa shape index (κ3) is 3.91. The second-order valence-corrected chi connectivity index (χ2v) is 9.07. The van der Waals surface area contributed by atoms with Crippen molar-refractivity contribution in [3.8, 4) is 6.07 Å². The van der Waals surface area contributed by atoms with Gasteiger partial charge in [-0.1, -0.05) is 6.92 Å². The second-order valence-electron chi connectivity index (χ2n) is 8.27. The normalized spacial score (nSPS) is 28.9. The molecule has 150 valence electrons. The minimum atomic E-state index is 0.298. The summed E-state index contributed by atoms with van der Waals surface area (Å²) >= 11 is 3.62. The molecule has 4 rings (SSSR count). The third-order valence-corrected chi connectivity index (χ3v) is 7.36. The molecule has 0 bridgehead atoms. The smallest absolute Gasteiger partial charge is 0.204 e. The fourth-order valence-corrected chi connectivity index (χ4v) is 5.19. The van der Waals surface area contributed by atoms with E-state index in [-0.39, 0.29) is 0 Å². The molecular weight excluding hydrogens is 420 g/mol. The summed E-state index contributed by atoms with van der Waals surface area (Å²) in [5.74, 6) is 2.16. The Hall–Kier alpha value is -1.62. The molecule has 2 atom stereocenters. The van der Waals surface area contributed by atoms with Crippen LogP contribution in [-0.2, 0) is 0 Å². The number of aliphatic hydroxyl groups excluding tert-OH is 1. The Morgan fingerprint density at radius 3 is 2.86 bits per heavy atom. The summed E-state index contributed by atoms with van der Waals surface area (Å²) in [4.78, 5) is 7.09. The summed E-state index contributed by atoms with van der Waals surface area (Å²) < 4.78 is 6.30. The van der Waals surface area contributed by atoms with Gasteiger partial charge in [0.05, 0.1) is 10.7 Å². The number of rotatable bonds is 4. The molecule has 2 unspecified atom stereocenters. The van der Waals surface area contributed by atoms with Crippen molar-refractivity contribution in [2.24, 2.45) is 11.8 Å². The van der Waals surface area contributed by atoms with Crippen molar-refractivity contribution in [2.45, 2.75) is 51.1 Å². The first-order valence-electron chi connectivity index (χ1n) is 10.2. The number of nitriles is 1. The van der Waals surface area contributed by atoms with Gasteiger partial charge in [-0.15, -0.1) is 0 Å². The van der Waals surface area contributed by atoms with Crippen molar-refractivity contribution >= 4 is 32.7 Å². The second kappa shape index (κ2) is 8.40. The van der Waals surface area contributed by atoms with Gasteiger partial charge in [0.25, 0.3) is 0 Å². The van der Waals surface area contributed by atoms with Crippen LogP contribution in [0.3, 0.4) is 0 Å². The van der Waals surface area contributed by atoms with Crippen LogP contribution >= 0.6 is 15.9 Å². The number of anilines is 1.